The highest BCUT2D eigenvalue weighted by Crippen LogP contribution is 2.58. The lowest BCUT2D eigenvalue weighted by Gasteiger charge is -2.56. The molecule has 6 rings (SSSR count). The third-order valence-electron chi connectivity index (χ3n) is 6.13. The van der Waals surface area contributed by atoms with Crippen LogP contribution in [-0.4, -0.2) is 15.0 Å². The molecule has 3 nitrogen and oxygen atoms in total. The van der Waals surface area contributed by atoms with Crippen molar-refractivity contribution in [1.82, 2.24) is 15.0 Å². The standard InChI is InChI=1S/C18H20FN3/c19-16-3-1-15(2-4-16)17-11-22(21-20-17)18-8-12-5-13(9-18)7-14(6-12)10-18/h1-4,11-14H,5-10H2. The number of hydrogen-bond donors (Lipinski definition) is 0. The van der Waals surface area contributed by atoms with Crippen LogP contribution in [0.3, 0.4) is 0 Å². The van der Waals surface area contributed by atoms with Gasteiger partial charge in [0.1, 0.15) is 11.5 Å². The van der Waals surface area contributed by atoms with E-state index >= 15 is 0 Å². The third-order valence-corrected chi connectivity index (χ3v) is 6.13. The number of hydrogen-bond acceptors (Lipinski definition) is 2. The highest BCUT2D eigenvalue weighted by molar-refractivity contribution is 5.57. The van der Waals surface area contributed by atoms with Crippen LogP contribution in [-0.2, 0) is 5.54 Å². The van der Waals surface area contributed by atoms with Crippen molar-refractivity contribution in [3.8, 4) is 11.3 Å². The average Bonchev–Trinajstić information content (AvgIpc) is 2.97. The smallest absolute Gasteiger partial charge is 0.123 e. The summed E-state index contributed by atoms with van der Waals surface area (Å²) < 4.78 is 15.2. The van der Waals surface area contributed by atoms with E-state index in [1.165, 1.54) is 50.7 Å². The molecule has 0 spiro atoms. The Bertz CT molecular complexity index is 668. The third kappa shape index (κ3) is 1.86. The maximum atomic E-state index is 13.1. The molecule has 0 atom stereocenters. The van der Waals surface area contributed by atoms with Gasteiger partial charge >= 0.3 is 0 Å². The fourth-order valence-corrected chi connectivity index (χ4v) is 5.59. The summed E-state index contributed by atoms with van der Waals surface area (Å²) in [6, 6.07) is 6.53. The van der Waals surface area contributed by atoms with Crippen LogP contribution in [0.2, 0.25) is 0 Å². The zero-order valence-corrected chi connectivity index (χ0v) is 12.6. The number of nitrogens with zero attached hydrogens (tertiary/aromatic N) is 3. The first-order chi connectivity index (χ1) is 10.7. The van der Waals surface area contributed by atoms with Crippen LogP contribution in [0.1, 0.15) is 38.5 Å². The van der Waals surface area contributed by atoms with Crippen LogP contribution in [0.4, 0.5) is 4.39 Å². The summed E-state index contributed by atoms with van der Waals surface area (Å²) in [4.78, 5) is 0. The van der Waals surface area contributed by atoms with Crippen LogP contribution in [0.5, 0.6) is 0 Å². The van der Waals surface area contributed by atoms with Crippen LogP contribution in [0, 0.1) is 23.6 Å². The van der Waals surface area contributed by atoms with Crippen molar-refractivity contribution in [2.75, 3.05) is 0 Å². The summed E-state index contributed by atoms with van der Waals surface area (Å²) in [5.74, 6) is 2.47. The Hall–Kier alpha value is -1.71. The first-order valence-corrected chi connectivity index (χ1v) is 8.39. The molecule has 2 aromatic rings. The predicted octanol–water partition coefficient (Wildman–Crippen LogP) is 4.01. The van der Waals surface area contributed by atoms with Crippen LogP contribution in [0.15, 0.2) is 30.5 Å². The van der Waals surface area contributed by atoms with Gasteiger partial charge in [-0.1, -0.05) is 5.21 Å². The molecule has 4 aliphatic carbocycles. The topological polar surface area (TPSA) is 30.7 Å². The molecule has 114 valence electrons. The van der Waals surface area contributed by atoms with Crippen molar-refractivity contribution in [1.29, 1.82) is 0 Å². The van der Waals surface area contributed by atoms with E-state index in [2.05, 4.69) is 21.2 Å². The van der Waals surface area contributed by atoms with E-state index in [9.17, 15) is 4.39 Å². The molecule has 0 amide bonds. The van der Waals surface area contributed by atoms with E-state index in [4.69, 9.17) is 0 Å². The minimum absolute atomic E-state index is 0.208. The molecule has 0 saturated heterocycles. The fourth-order valence-electron chi connectivity index (χ4n) is 5.59. The molecule has 4 saturated carbocycles. The molecule has 1 aromatic heterocycles. The minimum Gasteiger partial charge on any atom is -0.246 e. The Morgan fingerprint density at radius 3 is 2.14 bits per heavy atom. The van der Waals surface area contributed by atoms with E-state index in [0.29, 0.717) is 0 Å². The largest absolute Gasteiger partial charge is 0.246 e. The molecule has 0 aliphatic heterocycles. The molecule has 1 heterocycles. The van der Waals surface area contributed by atoms with Gasteiger partial charge in [-0.2, -0.15) is 0 Å². The van der Waals surface area contributed by atoms with Gasteiger partial charge in [-0.15, -0.1) is 5.10 Å². The molecule has 4 fully saturated rings. The first-order valence-electron chi connectivity index (χ1n) is 8.39. The summed E-state index contributed by atoms with van der Waals surface area (Å²) in [7, 11) is 0. The molecule has 4 heteroatoms. The van der Waals surface area contributed by atoms with Gasteiger partial charge in [0.05, 0.1) is 11.7 Å². The monoisotopic (exact) mass is 297 g/mol. The molecular formula is C18H20FN3. The van der Waals surface area contributed by atoms with Gasteiger partial charge in [0, 0.05) is 5.56 Å². The zero-order chi connectivity index (χ0) is 14.7. The van der Waals surface area contributed by atoms with Gasteiger partial charge in [-0.05, 0) is 80.5 Å². The van der Waals surface area contributed by atoms with Crippen molar-refractivity contribution in [3.63, 3.8) is 0 Å². The summed E-state index contributed by atoms with van der Waals surface area (Å²) in [5.41, 5.74) is 2.01. The second kappa shape index (κ2) is 4.40. The summed E-state index contributed by atoms with van der Waals surface area (Å²) in [5, 5.41) is 8.84. The molecule has 4 aliphatic rings. The Balaban J connectivity index is 1.50. The van der Waals surface area contributed by atoms with Gasteiger partial charge in [0.15, 0.2) is 0 Å². The van der Waals surface area contributed by atoms with Crippen LogP contribution < -0.4 is 0 Å². The number of benzene rings is 1. The molecule has 4 bridgehead atoms. The Labute approximate surface area is 129 Å². The minimum atomic E-state index is -0.211. The lowest BCUT2D eigenvalue weighted by molar-refractivity contribution is -0.0502. The second-order valence-corrected chi connectivity index (χ2v) is 7.70. The van der Waals surface area contributed by atoms with Crippen molar-refractivity contribution in [3.05, 3.63) is 36.3 Å². The van der Waals surface area contributed by atoms with Crippen molar-refractivity contribution >= 4 is 0 Å². The lowest BCUT2D eigenvalue weighted by atomic mass is 9.53. The van der Waals surface area contributed by atoms with E-state index < -0.39 is 0 Å². The number of halogens is 1. The van der Waals surface area contributed by atoms with Crippen molar-refractivity contribution in [2.45, 2.75) is 44.1 Å². The SMILES string of the molecule is Fc1ccc(-c2cn(C34CC5CC(CC(C5)C3)C4)nn2)cc1. The number of aromatic nitrogens is 3. The summed E-state index contributed by atoms with van der Waals surface area (Å²) >= 11 is 0. The molecular weight excluding hydrogens is 277 g/mol. The highest BCUT2D eigenvalue weighted by Gasteiger charge is 2.52. The molecule has 0 unspecified atom stereocenters. The second-order valence-electron chi connectivity index (χ2n) is 7.70. The van der Waals surface area contributed by atoms with Gasteiger partial charge in [0.25, 0.3) is 0 Å². The quantitative estimate of drug-likeness (QED) is 0.838. The predicted molar refractivity (Wildman–Crippen MR) is 81.6 cm³/mol. The maximum absolute atomic E-state index is 13.1. The Morgan fingerprint density at radius 1 is 0.955 bits per heavy atom. The van der Waals surface area contributed by atoms with Gasteiger partial charge < -0.3 is 0 Å². The summed E-state index contributed by atoms with van der Waals surface area (Å²) in [6.07, 6.45) is 10.2. The maximum Gasteiger partial charge on any atom is 0.123 e. The van der Waals surface area contributed by atoms with E-state index in [1.54, 1.807) is 12.1 Å². The Morgan fingerprint density at radius 2 is 1.55 bits per heavy atom. The fraction of sp³-hybridized carbons (Fsp3) is 0.556. The normalized spacial score (nSPS) is 36.0. The van der Waals surface area contributed by atoms with Gasteiger partial charge in [0.2, 0.25) is 0 Å². The van der Waals surface area contributed by atoms with Crippen LogP contribution in [0.25, 0.3) is 11.3 Å². The van der Waals surface area contributed by atoms with Gasteiger partial charge in [-0.3, -0.25) is 0 Å². The van der Waals surface area contributed by atoms with E-state index in [1.807, 2.05) is 0 Å². The van der Waals surface area contributed by atoms with Gasteiger partial charge in [-0.25, -0.2) is 9.07 Å². The summed E-state index contributed by atoms with van der Waals surface area (Å²) in [6.45, 7) is 0. The average molecular weight is 297 g/mol. The molecule has 22 heavy (non-hydrogen) atoms. The van der Waals surface area contributed by atoms with E-state index in [-0.39, 0.29) is 11.4 Å². The number of rotatable bonds is 2. The lowest BCUT2D eigenvalue weighted by Crippen LogP contribution is -2.52. The molecule has 1 aromatic carbocycles. The van der Waals surface area contributed by atoms with Crippen molar-refractivity contribution < 1.29 is 4.39 Å². The van der Waals surface area contributed by atoms with Crippen molar-refractivity contribution in [2.24, 2.45) is 17.8 Å². The highest BCUT2D eigenvalue weighted by atomic mass is 19.1. The van der Waals surface area contributed by atoms with Crippen LogP contribution >= 0.6 is 0 Å². The Kier molecular flexibility index (Phi) is 2.56. The molecule has 0 N–H and O–H groups in total. The zero-order valence-electron chi connectivity index (χ0n) is 12.6. The van der Waals surface area contributed by atoms with E-state index in [0.717, 1.165) is 29.0 Å². The molecule has 0 radical (unpaired) electrons. The first kappa shape index (κ1) is 12.8.